The molecule has 1 aromatic carbocycles. The van der Waals surface area contributed by atoms with Crippen LogP contribution in [-0.2, 0) is 15.5 Å². The summed E-state index contributed by atoms with van der Waals surface area (Å²) in [5.74, 6) is 0.488. The summed E-state index contributed by atoms with van der Waals surface area (Å²) in [5.41, 5.74) is 1.39. The van der Waals surface area contributed by atoms with E-state index in [-0.39, 0.29) is 21.8 Å². The summed E-state index contributed by atoms with van der Waals surface area (Å²) < 4.78 is 34.5. The standard InChI is InChI=1S/C15H19NO4S/c1-10-14(11(2)19-16-10)21(17,18)20-13-8-6-12(7-9-13)15(3,4)5/h6-9H,1-5H3. The van der Waals surface area contributed by atoms with Crippen LogP contribution in [0.15, 0.2) is 33.7 Å². The summed E-state index contributed by atoms with van der Waals surface area (Å²) >= 11 is 0. The maximum absolute atomic E-state index is 12.3. The zero-order valence-corrected chi connectivity index (χ0v) is 13.6. The Bertz CT molecular complexity index is 717. The van der Waals surface area contributed by atoms with Crippen LogP contribution in [0.2, 0.25) is 0 Å². The number of nitrogens with zero attached hydrogens (tertiary/aromatic N) is 1. The van der Waals surface area contributed by atoms with Crippen molar-refractivity contribution in [1.82, 2.24) is 5.16 Å². The van der Waals surface area contributed by atoms with E-state index >= 15 is 0 Å². The van der Waals surface area contributed by atoms with Gasteiger partial charge in [-0.05, 0) is 37.0 Å². The average Bonchev–Trinajstić information content (AvgIpc) is 2.68. The number of benzene rings is 1. The van der Waals surface area contributed by atoms with E-state index in [1.165, 1.54) is 0 Å². The van der Waals surface area contributed by atoms with Crippen molar-refractivity contribution in [3.8, 4) is 5.75 Å². The van der Waals surface area contributed by atoms with E-state index in [1.807, 2.05) is 12.1 Å². The molecule has 2 aromatic rings. The van der Waals surface area contributed by atoms with Crippen molar-refractivity contribution in [2.75, 3.05) is 0 Å². The highest BCUT2D eigenvalue weighted by atomic mass is 32.2. The van der Waals surface area contributed by atoms with E-state index < -0.39 is 10.1 Å². The molecule has 0 saturated heterocycles. The number of aryl methyl sites for hydroxylation is 2. The van der Waals surface area contributed by atoms with E-state index in [0.717, 1.165) is 5.56 Å². The maximum atomic E-state index is 12.3. The Morgan fingerprint density at radius 2 is 1.67 bits per heavy atom. The molecule has 0 saturated carbocycles. The average molecular weight is 309 g/mol. The Balaban J connectivity index is 2.30. The first-order valence-electron chi connectivity index (χ1n) is 6.59. The molecule has 21 heavy (non-hydrogen) atoms. The zero-order valence-electron chi connectivity index (χ0n) is 12.8. The van der Waals surface area contributed by atoms with E-state index in [2.05, 4.69) is 25.9 Å². The third-order valence-electron chi connectivity index (χ3n) is 3.14. The fraction of sp³-hybridized carbons (Fsp3) is 0.400. The first kappa shape index (κ1) is 15.6. The molecule has 5 nitrogen and oxygen atoms in total. The lowest BCUT2D eigenvalue weighted by Crippen LogP contribution is -2.13. The topological polar surface area (TPSA) is 69.4 Å². The van der Waals surface area contributed by atoms with E-state index in [1.54, 1.807) is 26.0 Å². The van der Waals surface area contributed by atoms with E-state index in [0.29, 0.717) is 5.69 Å². The molecule has 0 fully saturated rings. The van der Waals surface area contributed by atoms with Crippen LogP contribution in [0.5, 0.6) is 5.75 Å². The van der Waals surface area contributed by atoms with Crippen molar-refractivity contribution in [1.29, 1.82) is 0 Å². The van der Waals surface area contributed by atoms with Crippen LogP contribution in [0.3, 0.4) is 0 Å². The van der Waals surface area contributed by atoms with Gasteiger partial charge in [-0.1, -0.05) is 38.1 Å². The molecule has 0 N–H and O–H groups in total. The molecule has 0 atom stereocenters. The number of aromatic nitrogens is 1. The van der Waals surface area contributed by atoms with Crippen molar-refractivity contribution < 1.29 is 17.1 Å². The summed E-state index contributed by atoms with van der Waals surface area (Å²) in [6, 6.07) is 7.02. The molecule has 0 unspecified atom stereocenters. The van der Waals surface area contributed by atoms with Crippen LogP contribution in [0.25, 0.3) is 0 Å². The van der Waals surface area contributed by atoms with Crippen molar-refractivity contribution in [2.24, 2.45) is 0 Å². The minimum atomic E-state index is -3.94. The molecule has 114 valence electrons. The number of hydrogen-bond donors (Lipinski definition) is 0. The number of hydrogen-bond acceptors (Lipinski definition) is 5. The van der Waals surface area contributed by atoms with Gasteiger partial charge in [0.15, 0.2) is 10.7 Å². The van der Waals surface area contributed by atoms with Gasteiger partial charge in [0.05, 0.1) is 0 Å². The van der Waals surface area contributed by atoms with Crippen LogP contribution < -0.4 is 4.18 Å². The van der Waals surface area contributed by atoms with Gasteiger partial charge in [0, 0.05) is 0 Å². The van der Waals surface area contributed by atoms with E-state index in [9.17, 15) is 8.42 Å². The van der Waals surface area contributed by atoms with Gasteiger partial charge in [-0.2, -0.15) is 8.42 Å². The largest absolute Gasteiger partial charge is 0.379 e. The molecule has 1 heterocycles. The van der Waals surface area contributed by atoms with Gasteiger partial charge in [0.2, 0.25) is 0 Å². The molecule has 0 aliphatic carbocycles. The zero-order chi connectivity index (χ0) is 15.8. The highest BCUT2D eigenvalue weighted by molar-refractivity contribution is 7.87. The van der Waals surface area contributed by atoms with Crippen LogP contribution in [0.4, 0.5) is 0 Å². The Kier molecular flexibility index (Phi) is 3.84. The quantitative estimate of drug-likeness (QED) is 0.813. The van der Waals surface area contributed by atoms with Gasteiger partial charge >= 0.3 is 10.1 Å². The van der Waals surface area contributed by atoms with Crippen LogP contribution in [0.1, 0.15) is 37.8 Å². The Morgan fingerprint density at radius 3 is 2.10 bits per heavy atom. The first-order chi connectivity index (χ1) is 9.61. The highest BCUT2D eigenvalue weighted by Crippen LogP contribution is 2.27. The lowest BCUT2D eigenvalue weighted by molar-refractivity contribution is 0.390. The molecule has 0 radical (unpaired) electrons. The molecular weight excluding hydrogens is 290 g/mol. The van der Waals surface area contributed by atoms with Gasteiger partial charge in [-0.25, -0.2) is 0 Å². The van der Waals surface area contributed by atoms with Crippen molar-refractivity contribution in [3.05, 3.63) is 41.3 Å². The molecule has 6 heteroatoms. The fourth-order valence-electron chi connectivity index (χ4n) is 2.01. The van der Waals surface area contributed by atoms with Gasteiger partial charge in [-0.15, -0.1) is 0 Å². The van der Waals surface area contributed by atoms with Crippen molar-refractivity contribution >= 4 is 10.1 Å². The molecule has 0 bridgehead atoms. The SMILES string of the molecule is Cc1noc(C)c1S(=O)(=O)Oc1ccc(C(C)(C)C)cc1. The predicted molar refractivity (Wildman–Crippen MR) is 78.9 cm³/mol. The minimum absolute atomic E-state index is 0.000933. The molecule has 0 aliphatic heterocycles. The molecule has 1 aromatic heterocycles. The van der Waals surface area contributed by atoms with E-state index in [4.69, 9.17) is 8.71 Å². The summed E-state index contributed by atoms with van der Waals surface area (Å²) in [6.45, 7) is 9.37. The summed E-state index contributed by atoms with van der Waals surface area (Å²) in [7, 11) is -3.94. The predicted octanol–water partition coefficient (Wildman–Crippen LogP) is 3.36. The molecule has 2 rings (SSSR count). The lowest BCUT2D eigenvalue weighted by Gasteiger charge is -2.19. The molecule has 0 amide bonds. The van der Waals surface area contributed by atoms with Gasteiger partial charge in [0.25, 0.3) is 0 Å². The van der Waals surface area contributed by atoms with Crippen molar-refractivity contribution in [3.63, 3.8) is 0 Å². The van der Waals surface area contributed by atoms with Crippen LogP contribution >= 0.6 is 0 Å². The minimum Gasteiger partial charge on any atom is -0.379 e. The first-order valence-corrected chi connectivity index (χ1v) is 8.00. The van der Waals surface area contributed by atoms with Gasteiger partial charge in [0.1, 0.15) is 11.4 Å². The molecule has 0 aliphatic rings. The second-order valence-electron chi connectivity index (χ2n) is 5.97. The normalized spacial score (nSPS) is 12.4. The Labute approximate surface area is 125 Å². The Morgan fingerprint density at radius 1 is 1.10 bits per heavy atom. The van der Waals surface area contributed by atoms with Crippen LogP contribution in [-0.4, -0.2) is 13.6 Å². The van der Waals surface area contributed by atoms with Gasteiger partial charge in [-0.3, -0.25) is 0 Å². The third-order valence-corrected chi connectivity index (χ3v) is 4.64. The fourth-order valence-corrected chi connectivity index (χ4v) is 3.25. The van der Waals surface area contributed by atoms with Gasteiger partial charge < -0.3 is 8.71 Å². The Hall–Kier alpha value is -1.82. The molecular formula is C15H19NO4S. The van der Waals surface area contributed by atoms with Crippen molar-refractivity contribution in [2.45, 2.75) is 44.9 Å². The van der Waals surface area contributed by atoms with Crippen LogP contribution in [0, 0.1) is 13.8 Å². The maximum Gasteiger partial charge on any atom is 0.344 e. The third kappa shape index (κ3) is 3.26. The smallest absolute Gasteiger partial charge is 0.344 e. The summed E-state index contributed by atoms with van der Waals surface area (Å²) in [4.78, 5) is -0.0117. The highest BCUT2D eigenvalue weighted by Gasteiger charge is 2.26. The molecule has 0 spiro atoms. The summed E-state index contributed by atoms with van der Waals surface area (Å²) in [5, 5.41) is 3.64. The lowest BCUT2D eigenvalue weighted by atomic mass is 9.87. The second kappa shape index (κ2) is 5.18. The monoisotopic (exact) mass is 309 g/mol. The second-order valence-corrected chi connectivity index (χ2v) is 7.45. The number of rotatable bonds is 3. The summed E-state index contributed by atoms with van der Waals surface area (Å²) in [6.07, 6.45) is 0.